The van der Waals surface area contributed by atoms with Crippen LogP contribution in [-0.4, -0.2) is 4.40 Å². The molecule has 0 saturated heterocycles. The summed E-state index contributed by atoms with van der Waals surface area (Å²) in [5.41, 5.74) is 2.51. The summed E-state index contributed by atoms with van der Waals surface area (Å²) in [7, 11) is 0. The van der Waals surface area contributed by atoms with E-state index in [1.807, 2.05) is 12.2 Å². The lowest BCUT2D eigenvalue weighted by Gasteiger charge is -1.93. The number of fused-ring (bicyclic) bond motifs is 3. The van der Waals surface area contributed by atoms with Gasteiger partial charge in [-0.1, -0.05) is 67.8 Å². The van der Waals surface area contributed by atoms with Crippen molar-refractivity contribution in [2.75, 3.05) is 0 Å². The Kier molecular flexibility index (Phi) is 2.48. The zero-order valence-electron chi connectivity index (χ0n) is 11.7. The number of aromatic nitrogens is 1. The molecule has 0 fully saturated rings. The number of hydrogen-bond donors (Lipinski definition) is 0. The Morgan fingerprint density at radius 3 is 2.29 bits per heavy atom. The van der Waals surface area contributed by atoms with Crippen molar-refractivity contribution in [2.24, 2.45) is 0 Å². The summed E-state index contributed by atoms with van der Waals surface area (Å²) in [6.07, 6.45) is 7.84. The molecule has 4 aromatic rings. The molecule has 0 spiro atoms. The molecule has 0 atom stereocenters. The van der Waals surface area contributed by atoms with E-state index < -0.39 is 0 Å². The number of rotatable bonds is 2. The van der Waals surface area contributed by atoms with Crippen molar-refractivity contribution in [1.29, 1.82) is 0 Å². The zero-order chi connectivity index (χ0) is 14.4. The van der Waals surface area contributed by atoms with E-state index in [2.05, 4.69) is 72.2 Å². The third kappa shape index (κ3) is 1.46. The highest BCUT2D eigenvalue weighted by atomic mass is 14.9. The Bertz CT molecular complexity index is 1110. The third-order valence-corrected chi connectivity index (χ3v) is 4.06. The summed E-state index contributed by atoms with van der Waals surface area (Å²) >= 11 is 0. The van der Waals surface area contributed by atoms with Gasteiger partial charge in [0.05, 0.1) is 16.4 Å². The quantitative estimate of drug-likeness (QED) is 0.523. The summed E-state index contributed by atoms with van der Waals surface area (Å²) in [5, 5.41) is 6.22. The first-order valence-corrected chi connectivity index (χ1v) is 7.05. The Balaban J connectivity index is 2.51. The van der Waals surface area contributed by atoms with Crippen LogP contribution in [0, 0.1) is 0 Å². The monoisotopic (exact) mass is 269 g/mol. The van der Waals surface area contributed by atoms with Gasteiger partial charge in [0, 0.05) is 21.4 Å². The van der Waals surface area contributed by atoms with E-state index >= 15 is 0 Å². The van der Waals surface area contributed by atoms with Crippen LogP contribution >= 0.6 is 0 Å². The first kappa shape index (κ1) is 12.0. The fourth-order valence-electron chi connectivity index (χ4n) is 3.31. The second kappa shape index (κ2) is 4.35. The fraction of sp³-hybridized carbons (Fsp3) is 0. The molecular formula is C20H15N. The average molecular weight is 269 g/mol. The Morgan fingerprint density at radius 1 is 0.762 bits per heavy atom. The fourth-order valence-corrected chi connectivity index (χ4v) is 3.31. The topological polar surface area (TPSA) is 4.41 Å². The van der Waals surface area contributed by atoms with Gasteiger partial charge in [0.25, 0.3) is 0 Å². The van der Waals surface area contributed by atoms with Crippen molar-refractivity contribution in [3.8, 4) is 0 Å². The molecule has 0 aliphatic carbocycles. The number of allylic oxidation sites excluding steroid dienone is 2. The molecule has 0 aliphatic rings. The molecule has 0 aliphatic heterocycles. The minimum absolute atomic E-state index is 1.16. The first-order chi connectivity index (χ1) is 10.4. The molecule has 4 rings (SSSR count). The maximum absolute atomic E-state index is 3.87. The lowest BCUT2D eigenvalue weighted by molar-refractivity contribution is 1.22. The summed E-state index contributed by atoms with van der Waals surface area (Å²) in [6, 6.07) is 15.0. The predicted molar refractivity (Wildman–Crippen MR) is 92.2 cm³/mol. The van der Waals surface area contributed by atoms with E-state index in [-0.39, 0.29) is 0 Å². The molecule has 0 unspecified atom stereocenters. The highest BCUT2D eigenvalue weighted by molar-refractivity contribution is 6.14. The van der Waals surface area contributed by atoms with E-state index in [1.54, 1.807) is 0 Å². The van der Waals surface area contributed by atoms with Gasteiger partial charge < -0.3 is 4.40 Å². The van der Waals surface area contributed by atoms with Crippen molar-refractivity contribution in [3.63, 3.8) is 0 Å². The minimum atomic E-state index is 1.16. The van der Waals surface area contributed by atoms with Crippen LogP contribution in [0.3, 0.4) is 0 Å². The molecular weight excluding hydrogens is 254 g/mol. The van der Waals surface area contributed by atoms with Crippen LogP contribution < -0.4 is 10.6 Å². The van der Waals surface area contributed by atoms with Crippen LogP contribution in [0.4, 0.5) is 0 Å². The Labute approximate surface area is 122 Å². The summed E-state index contributed by atoms with van der Waals surface area (Å²) < 4.78 is 2.33. The maximum Gasteiger partial charge on any atom is 0.0620 e. The number of hydrogen-bond acceptors (Lipinski definition) is 0. The lowest BCUT2D eigenvalue weighted by Crippen LogP contribution is -2.25. The molecule has 21 heavy (non-hydrogen) atoms. The van der Waals surface area contributed by atoms with E-state index in [4.69, 9.17) is 0 Å². The van der Waals surface area contributed by atoms with Gasteiger partial charge in [0.2, 0.25) is 0 Å². The van der Waals surface area contributed by atoms with Crippen LogP contribution in [0.5, 0.6) is 0 Å². The average Bonchev–Trinajstić information content (AvgIpc) is 3.01. The predicted octanol–water partition coefficient (Wildman–Crippen LogP) is 3.62. The summed E-state index contributed by atoms with van der Waals surface area (Å²) in [4.78, 5) is 0. The largest absolute Gasteiger partial charge is 0.308 e. The molecule has 2 heterocycles. The van der Waals surface area contributed by atoms with Gasteiger partial charge in [-0.25, -0.2) is 0 Å². The highest BCUT2D eigenvalue weighted by Crippen LogP contribution is 2.29. The highest BCUT2D eigenvalue weighted by Gasteiger charge is 2.13. The van der Waals surface area contributed by atoms with Crippen LogP contribution in [0.25, 0.3) is 39.3 Å². The van der Waals surface area contributed by atoms with Crippen LogP contribution in [0.15, 0.2) is 67.8 Å². The van der Waals surface area contributed by atoms with Gasteiger partial charge >= 0.3 is 0 Å². The van der Waals surface area contributed by atoms with Gasteiger partial charge in [0.15, 0.2) is 0 Å². The van der Waals surface area contributed by atoms with Gasteiger partial charge in [-0.05, 0) is 12.1 Å². The van der Waals surface area contributed by atoms with Crippen LogP contribution in [0.1, 0.15) is 0 Å². The molecule has 100 valence electrons. The molecule has 1 heteroatoms. The molecule has 0 bridgehead atoms. The molecule has 1 nitrogen and oxygen atoms in total. The summed E-state index contributed by atoms with van der Waals surface area (Å²) in [6.45, 7) is 7.72. The molecule has 0 N–H and O–H groups in total. The number of para-hydroxylation sites is 2. The van der Waals surface area contributed by atoms with Crippen molar-refractivity contribution in [1.82, 2.24) is 4.40 Å². The van der Waals surface area contributed by atoms with Crippen LogP contribution in [-0.2, 0) is 0 Å². The Hall–Kier alpha value is -2.80. The standard InChI is InChI=1S/C20H15N/c1-3-8-14-16-11-7-12-17-15-10-5-6-13-19(15)21(20(16)17)18(14)9-4-2/h3-13H,1-2H2/b14-8-,18-9+. The van der Waals surface area contributed by atoms with E-state index in [0.29, 0.717) is 0 Å². The van der Waals surface area contributed by atoms with Crippen LogP contribution in [0.2, 0.25) is 0 Å². The normalized spacial score (nSPS) is 13.7. The lowest BCUT2D eigenvalue weighted by atomic mass is 10.1. The molecule has 0 radical (unpaired) electrons. The van der Waals surface area contributed by atoms with E-state index in [1.165, 1.54) is 32.4 Å². The number of nitrogens with zero attached hydrogens (tertiary/aromatic N) is 1. The van der Waals surface area contributed by atoms with Gasteiger partial charge in [-0.3, -0.25) is 0 Å². The van der Waals surface area contributed by atoms with Crippen molar-refractivity contribution >= 4 is 39.3 Å². The van der Waals surface area contributed by atoms with Gasteiger partial charge in [-0.15, -0.1) is 0 Å². The third-order valence-electron chi connectivity index (χ3n) is 4.06. The van der Waals surface area contributed by atoms with Crippen molar-refractivity contribution in [2.45, 2.75) is 0 Å². The smallest absolute Gasteiger partial charge is 0.0620 e. The van der Waals surface area contributed by atoms with Gasteiger partial charge in [-0.2, -0.15) is 0 Å². The molecule has 2 aromatic heterocycles. The SMILES string of the molecule is C=C/C=c1\c(=C/C=C)n2c3ccccc3c3cccc1c32. The zero-order valence-corrected chi connectivity index (χ0v) is 11.7. The second-order valence-corrected chi connectivity index (χ2v) is 5.16. The molecule has 2 aromatic carbocycles. The maximum atomic E-state index is 3.87. The number of benzene rings is 2. The van der Waals surface area contributed by atoms with Crippen molar-refractivity contribution < 1.29 is 0 Å². The van der Waals surface area contributed by atoms with Gasteiger partial charge in [0.1, 0.15) is 0 Å². The Morgan fingerprint density at radius 2 is 1.48 bits per heavy atom. The first-order valence-electron chi connectivity index (χ1n) is 7.05. The van der Waals surface area contributed by atoms with E-state index in [0.717, 1.165) is 5.35 Å². The molecule has 0 amide bonds. The van der Waals surface area contributed by atoms with Crippen molar-refractivity contribution in [3.05, 3.63) is 78.3 Å². The van der Waals surface area contributed by atoms with E-state index in [9.17, 15) is 0 Å². The second-order valence-electron chi connectivity index (χ2n) is 5.16. The minimum Gasteiger partial charge on any atom is -0.308 e. The summed E-state index contributed by atoms with van der Waals surface area (Å²) in [5.74, 6) is 0. The molecule has 0 saturated carbocycles.